The fraction of sp³-hybridized carbons (Fsp3) is 0.788. The van der Waals surface area contributed by atoms with Gasteiger partial charge in [0.1, 0.15) is 12.4 Å². The predicted octanol–water partition coefficient (Wildman–Crippen LogP) is 7.46. The Hall–Kier alpha value is -1.67. The van der Waals surface area contributed by atoms with E-state index in [0.29, 0.717) is 59.3 Å². The summed E-state index contributed by atoms with van der Waals surface area (Å²) in [6.45, 7) is 9.76. The fourth-order valence-electron chi connectivity index (χ4n) is 4.11. The Morgan fingerprint density at radius 1 is 0.525 bits per heavy atom. The number of aryl methyl sites for hydroxylation is 1. The van der Waals surface area contributed by atoms with Gasteiger partial charge in [-0.2, -0.15) is 0 Å². The lowest BCUT2D eigenvalue weighted by atomic mass is 10.1. The summed E-state index contributed by atoms with van der Waals surface area (Å²) < 4.78 is 33.0. The third-order valence-corrected chi connectivity index (χ3v) is 6.56. The Labute approximate surface area is 244 Å². The number of ether oxygens (including phenoxy) is 6. The monoisotopic (exact) mass is 566 g/mol. The van der Waals surface area contributed by atoms with Gasteiger partial charge in [0.25, 0.3) is 0 Å². The third-order valence-electron chi connectivity index (χ3n) is 6.56. The number of unbranched alkanes of at least 4 members (excludes halogenated alkanes) is 11. The van der Waals surface area contributed by atoms with Gasteiger partial charge >= 0.3 is 5.97 Å². The molecule has 0 aromatic heterocycles. The zero-order chi connectivity index (χ0) is 28.8. The van der Waals surface area contributed by atoms with E-state index in [1.807, 2.05) is 24.3 Å². The van der Waals surface area contributed by atoms with E-state index in [0.717, 1.165) is 38.0 Å². The lowest BCUT2D eigenvalue weighted by molar-refractivity contribution is -0.145. The van der Waals surface area contributed by atoms with Gasteiger partial charge in [0, 0.05) is 13.0 Å². The average Bonchev–Trinajstić information content (AvgIpc) is 2.96. The maximum atomic E-state index is 11.8. The van der Waals surface area contributed by atoms with Crippen LogP contribution in [0.2, 0.25) is 0 Å². The summed E-state index contributed by atoms with van der Waals surface area (Å²) in [6, 6.07) is 8.03. The molecule has 0 aliphatic rings. The fourth-order valence-corrected chi connectivity index (χ4v) is 4.11. The lowest BCUT2D eigenvalue weighted by Gasteiger charge is -2.08. The van der Waals surface area contributed by atoms with Crippen LogP contribution < -0.4 is 4.74 Å². The first-order valence-electron chi connectivity index (χ1n) is 15.9. The Kier molecular flexibility index (Phi) is 26.2. The molecule has 0 N–H and O–H groups in total. The molecule has 0 saturated heterocycles. The van der Waals surface area contributed by atoms with E-state index in [9.17, 15) is 4.79 Å². The van der Waals surface area contributed by atoms with Crippen molar-refractivity contribution in [3.05, 3.63) is 29.8 Å². The van der Waals surface area contributed by atoms with Crippen LogP contribution in [-0.2, 0) is 28.5 Å². The molecule has 0 heterocycles. The summed E-state index contributed by atoms with van der Waals surface area (Å²) >= 11 is 0. The molecule has 1 rings (SSSR count). The number of carbonyl (C=O) groups is 1. The SMILES string of the molecule is CCCCCCCCCCCCOCCOCCOCCOCCOC(=O)CCCCCOc1ccc(C)cc1. The van der Waals surface area contributed by atoms with E-state index < -0.39 is 0 Å². The number of hydrogen-bond donors (Lipinski definition) is 0. The summed E-state index contributed by atoms with van der Waals surface area (Å²) in [5.74, 6) is 0.711. The molecule has 0 atom stereocenters. The van der Waals surface area contributed by atoms with E-state index in [1.165, 1.54) is 63.4 Å². The van der Waals surface area contributed by atoms with E-state index in [2.05, 4.69) is 13.8 Å². The Balaban J connectivity index is 1.69. The molecule has 0 saturated carbocycles. The van der Waals surface area contributed by atoms with Crippen LogP contribution in [0.15, 0.2) is 24.3 Å². The molecule has 7 heteroatoms. The highest BCUT2D eigenvalue weighted by molar-refractivity contribution is 5.69. The molecule has 0 amide bonds. The van der Waals surface area contributed by atoms with Crippen LogP contribution in [0.5, 0.6) is 5.75 Å². The molecule has 0 bridgehead atoms. The molecule has 0 radical (unpaired) electrons. The van der Waals surface area contributed by atoms with Gasteiger partial charge in [-0.1, -0.05) is 82.4 Å². The minimum absolute atomic E-state index is 0.177. The van der Waals surface area contributed by atoms with E-state index in [1.54, 1.807) is 0 Å². The van der Waals surface area contributed by atoms with Crippen LogP contribution in [0.1, 0.15) is 102 Å². The third kappa shape index (κ3) is 25.3. The topological polar surface area (TPSA) is 72.5 Å². The zero-order valence-electron chi connectivity index (χ0n) is 25.6. The van der Waals surface area contributed by atoms with Gasteiger partial charge < -0.3 is 28.4 Å². The van der Waals surface area contributed by atoms with Gasteiger partial charge in [-0.3, -0.25) is 4.79 Å². The van der Waals surface area contributed by atoms with Crippen molar-refractivity contribution in [3.63, 3.8) is 0 Å². The minimum atomic E-state index is -0.177. The molecule has 0 unspecified atom stereocenters. The molecule has 40 heavy (non-hydrogen) atoms. The van der Waals surface area contributed by atoms with Crippen molar-refractivity contribution in [2.45, 2.75) is 104 Å². The number of esters is 1. The lowest BCUT2D eigenvalue weighted by Crippen LogP contribution is -2.14. The van der Waals surface area contributed by atoms with Gasteiger partial charge in [0.05, 0.1) is 52.9 Å². The van der Waals surface area contributed by atoms with E-state index in [4.69, 9.17) is 28.4 Å². The smallest absolute Gasteiger partial charge is 0.305 e. The first-order chi connectivity index (χ1) is 19.7. The first kappa shape index (κ1) is 36.4. The van der Waals surface area contributed by atoms with Gasteiger partial charge in [0.2, 0.25) is 0 Å². The molecule has 0 aliphatic carbocycles. The highest BCUT2D eigenvalue weighted by Gasteiger charge is 2.03. The van der Waals surface area contributed by atoms with Gasteiger partial charge in [-0.15, -0.1) is 0 Å². The second-order valence-electron chi connectivity index (χ2n) is 10.3. The number of hydrogen-bond acceptors (Lipinski definition) is 7. The molecule has 0 aliphatic heterocycles. The Morgan fingerprint density at radius 2 is 0.975 bits per heavy atom. The van der Waals surface area contributed by atoms with Crippen LogP contribution in [-0.4, -0.2) is 72.0 Å². The minimum Gasteiger partial charge on any atom is -0.494 e. The average molecular weight is 567 g/mol. The summed E-state index contributed by atoms with van der Waals surface area (Å²) in [7, 11) is 0. The maximum Gasteiger partial charge on any atom is 0.305 e. The second kappa shape index (κ2) is 28.8. The zero-order valence-corrected chi connectivity index (χ0v) is 25.6. The van der Waals surface area contributed by atoms with Crippen molar-refractivity contribution in [2.75, 3.05) is 66.1 Å². The van der Waals surface area contributed by atoms with Gasteiger partial charge in [0.15, 0.2) is 0 Å². The van der Waals surface area contributed by atoms with Crippen molar-refractivity contribution < 1.29 is 33.2 Å². The maximum absolute atomic E-state index is 11.8. The number of rotatable bonds is 30. The molecule has 1 aromatic carbocycles. The molecule has 1 aromatic rings. The molecular weight excluding hydrogens is 508 g/mol. The van der Waals surface area contributed by atoms with Crippen molar-refractivity contribution in [1.29, 1.82) is 0 Å². The van der Waals surface area contributed by atoms with Crippen LogP contribution in [0.25, 0.3) is 0 Å². The highest BCUT2D eigenvalue weighted by Crippen LogP contribution is 2.13. The summed E-state index contributed by atoms with van der Waals surface area (Å²) in [5.41, 5.74) is 1.22. The van der Waals surface area contributed by atoms with Gasteiger partial charge in [-0.05, 0) is 44.7 Å². The Bertz CT molecular complexity index is 665. The highest BCUT2D eigenvalue weighted by atomic mass is 16.6. The molecule has 0 spiro atoms. The standard InChI is InChI=1S/C33H58O7/c1-3-4-5-6-7-8-9-10-11-14-21-35-23-24-36-25-26-37-27-28-38-29-30-40-33(34)16-13-12-15-22-39-32-19-17-31(2)18-20-32/h17-20H,3-16,21-30H2,1-2H3. The second-order valence-corrected chi connectivity index (χ2v) is 10.3. The summed E-state index contributed by atoms with van der Waals surface area (Å²) in [6.07, 6.45) is 16.5. The number of carbonyl (C=O) groups excluding carboxylic acids is 1. The largest absolute Gasteiger partial charge is 0.494 e. The molecule has 7 nitrogen and oxygen atoms in total. The van der Waals surface area contributed by atoms with Crippen LogP contribution in [0, 0.1) is 6.92 Å². The van der Waals surface area contributed by atoms with Crippen molar-refractivity contribution >= 4 is 5.97 Å². The van der Waals surface area contributed by atoms with Crippen LogP contribution >= 0.6 is 0 Å². The quantitative estimate of drug-likeness (QED) is 0.0707. The van der Waals surface area contributed by atoms with E-state index in [-0.39, 0.29) is 12.6 Å². The Morgan fingerprint density at radius 3 is 1.55 bits per heavy atom. The molecule has 0 fully saturated rings. The van der Waals surface area contributed by atoms with Crippen LogP contribution in [0.3, 0.4) is 0 Å². The molecule has 232 valence electrons. The van der Waals surface area contributed by atoms with E-state index >= 15 is 0 Å². The molecular formula is C33H58O7. The van der Waals surface area contributed by atoms with Gasteiger partial charge in [-0.25, -0.2) is 0 Å². The summed E-state index contributed by atoms with van der Waals surface area (Å²) in [5, 5.41) is 0. The summed E-state index contributed by atoms with van der Waals surface area (Å²) in [4.78, 5) is 11.8. The van der Waals surface area contributed by atoms with Crippen molar-refractivity contribution in [1.82, 2.24) is 0 Å². The van der Waals surface area contributed by atoms with Crippen molar-refractivity contribution in [3.8, 4) is 5.75 Å². The number of benzene rings is 1. The predicted molar refractivity (Wildman–Crippen MR) is 161 cm³/mol. The van der Waals surface area contributed by atoms with Crippen molar-refractivity contribution in [2.24, 2.45) is 0 Å². The normalized spacial score (nSPS) is 11.2. The first-order valence-corrected chi connectivity index (χ1v) is 15.9. The van der Waals surface area contributed by atoms with Crippen LogP contribution in [0.4, 0.5) is 0 Å².